The molecule has 0 saturated carbocycles. The number of aromatic nitrogens is 1. The fraction of sp³-hybridized carbons (Fsp3) is 0.375. The van der Waals surface area contributed by atoms with E-state index in [2.05, 4.69) is 10.3 Å². The molecular formula is C16H18ClN3O3S2. The molecule has 0 bridgehead atoms. The van der Waals surface area contributed by atoms with Crippen LogP contribution in [0.5, 0.6) is 0 Å². The first-order chi connectivity index (χ1) is 11.8. The molecule has 25 heavy (non-hydrogen) atoms. The Balaban J connectivity index is 1.89. The normalized spacial score (nSPS) is 16.7. The molecule has 1 aromatic carbocycles. The average molecular weight is 400 g/mol. The zero-order valence-electron chi connectivity index (χ0n) is 13.9. The van der Waals surface area contributed by atoms with Crippen LogP contribution in [0.4, 0.5) is 10.8 Å². The first-order valence-corrected chi connectivity index (χ1v) is 10.6. The van der Waals surface area contributed by atoms with E-state index in [-0.39, 0.29) is 11.7 Å². The van der Waals surface area contributed by atoms with Gasteiger partial charge in [0.15, 0.2) is 5.13 Å². The predicted molar refractivity (Wildman–Crippen MR) is 101 cm³/mol. The van der Waals surface area contributed by atoms with Gasteiger partial charge in [-0.1, -0.05) is 11.6 Å². The molecule has 1 N–H and O–H groups in total. The van der Waals surface area contributed by atoms with Crippen molar-refractivity contribution in [2.75, 3.05) is 21.9 Å². The number of nitrogens with zero attached hydrogens (tertiary/aromatic N) is 2. The Morgan fingerprint density at radius 1 is 1.32 bits per heavy atom. The largest absolute Gasteiger partial charge is 0.298 e. The maximum absolute atomic E-state index is 12.5. The van der Waals surface area contributed by atoms with Gasteiger partial charge in [0.05, 0.1) is 22.2 Å². The van der Waals surface area contributed by atoms with Crippen LogP contribution in [-0.4, -0.2) is 31.6 Å². The Morgan fingerprint density at radius 2 is 2.08 bits per heavy atom. The molecule has 9 heteroatoms. The second-order valence-electron chi connectivity index (χ2n) is 5.88. The lowest BCUT2D eigenvalue weighted by Crippen LogP contribution is -2.38. The van der Waals surface area contributed by atoms with Crippen LogP contribution in [0.15, 0.2) is 18.2 Å². The number of hydrogen-bond acceptors (Lipinski definition) is 5. The van der Waals surface area contributed by atoms with E-state index in [0.717, 1.165) is 17.0 Å². The highest BCUT2D eigenvalue weighted by atomic mass is 35.5. The molecular weight excluding hydrogens is 382 g/mol. The zero-order valence-corrected chi connectivity index (χ0v) is 16.3. The van der Waals surface area contributed by atoms with Crippen molar-refractivity contribution in [2.45, 2.75) is 26.7 Å². The molecule has 1 fully saturated rings. The minimum atomic E-state index is -3.40. The Morgan fingerprint density at radius 3 is 2.72 bits per heavy atom. The summed E-state index contributed by atoms with van der Waals surface area (Å²) in [6.45, 7) is 4.19. The van der Waals surface area contributed by atoms with Crippen LogP contribution in [0.3, 0.4) is 0 Å². The van der Waals surface area contributed by atoms with Crippen LogP contribution in [0.1, 0.15) is 33.8 Å². The van der Waals surface area contributed by atoms with E-state index in [4.69, 9.17) is 11.6 Å². The van der Waals surface area contributed by atoms with Crippen molar-refractivity contribution >= 4 is 49.7 Å². The van der Waals surface area contributed by atoms with E-state index in [0.29, 0.717) is 34.4 Å². The summed E-state index contributed by atoms with van der Waals surface area (Å²) in [5, 5.41) is 3.57. The Labute approximate surface area is 155 Å². The molecule has 1 amide bonds. The van der Waals surface area contributed by atoms with Crippen molar-refractivity contribution in [3.8, 4) is 0 Å². The summed E-state index contributed by atoms with van der Waals surface area (Å²) >= 11 is 7.59. The number of benzene rings is 1. The highest BCUT2D eigenvalue weighted by Gasteiger charge is 2.28. The molecule has 134 valence electrons. The van der Waals surface area contributed by atoms with Gasteiger partial charge in [-0.15, -0.1) is 11.3 Å². The van der Waals surface area contributed by atoms with Crippen LogP contribution in [0.25, 0.3) is 0 Å². The molecule has 2 heterocycles. The van der Waals surface area contributed by atoms with E-state index in [1.165, 1.54) is 21.7 Å². The number of amides is 1. The summed E-state index contributed by atoms with van der Waals surface area (Å²) < 4.78 is 25.9. The minimum absolute atomic E-state index is 0.0947. The fourth-order valence-corrected chi connectivity index (χ4v) is 5.33. The third kappa shape index (κ3) is 3.80. The van der Waals surface area contributed by atoms with Crippen LogP contribution in [-0.2, 0) is 10.0 Å². The van der Waals surface area contributed by atoms with E-state index < -0.39 is 10.0 Å². The van der Waals surface area contributed by atoms with E-state index >= 15 is 0 Å². The third-order valence-electron chi connectivity index (χ3n) is 4.08. The number of anilines is 2. The molecule has 1 aromatic heterocycles. The number of sulfonamides is 1. The van der Waals surface area contributed by atoms with E-state index in [1.54, 1.807) is 12.1 Å². The second kappa shape index (κ2) is 6.93. The number of hydrogen-bond donors (Lipinski definition) is 1. The summed E-state index contributed by atoms with van der Waals surface area (Å²) in [7, 11) is -3.40. The van der Waals surface area contributed by atoms with Crippen LogP contribution < -0.4 is 9.62 Å². The standard InChI is InChI=1S/C16H18ClN3O3S2/c1-10-11(2)24-16(18-10)19-15(21)12-5-6-13(17)14(9-12)20-7-3-4-8-25(20,22)23/h5-6,9H,3-4,7-8H2,1-2H3,(H,18,19,21). The molecule has 2 aromatic rings. The van der Waals surface area contributed by atoms with Crippen molar-refractivity contribution in [1.29, 1.82) is 0 Å². The van der Waals surface area contributed by atoms with Crippen LogP contribution >= 0.6 is 22.9 Å². The summed E-state index contributed by atoms with van der Waals surface area (Å²) in [5.74, 6) is -0.252. The van der Waals surface area contributed by atoms with E-state index in [1.807, 2.05) is 13.8 Å². The number of carbonyl (C=O) groups is 1. The summed E-state index contributed by atoms with van der Waals surface area (Å²) in [6.07, 6.45) is 1.41. The average Bonchev–Trinajstić information content (AvgIpc) is 2.85. The Hall–Kier alpha value is -1.64. The number of carbonyl (C=O) groups excluding carboxylic acids is 1. The van der Waals surface area contributed by atoms with Gasteiger partial charge in [-0.3, -0.25) is 14.4 Å². The van der Waals surface area contributed by atoms with Crippen LogP contribution in [0, 0.1) is 13.8 Å². The molecule has 6 nitrogen and oxygen atoms in total. The van der Waals surface area contributed by atoms with Crippen LogP contribution in [0.2, 0.25) is 5.02 Å². The van der Waals surface area contributed by atoms with Crippen molar-refractivity contribution in [2.24, 2.45) is 0 Å². The molecule has 3 rings (SSSR count). The summed E-state index contributed by atoms with van der Waals surface area (Å²) in [4.78, 5) is 17.8. The first-order valence-electron chi connectivity index (χ1n) is 7.83. The molecule has 1 aliphatic heterocycles. The lowest BCUT2D eigenvalue weighted by molar-refractivity contribution is 0.102. The Bertz CT molecular complexity index is 905. The Kier molecular flexibility index (Phi) is 5.04. The molecule has 1 aliphatic rings. The predicted octanol–water partition coefficient (Wildman–Crippen LogP) is 3.60. The third-order valence-corrected chi connectivity index (χ3v) is 7.24. The van der Waals surface area contributed by atoms with E-state index in [9.17, 15) is 13.2 Å². The van der Waals surface area contributed by atoms with Gasteiger partial charge in [-0.25, -0.2) is 13.4 Å². The fourth-order valence-electron chi connectivity index (χ4n) is 2.60. The summed E-state index contributed by atoms with van der Waals surface area (Å²) in [6, 6.07) is 4.65. The molecule has 0 unspecified atom stereocenters. The maximum Gasteiger partial charge on any atom is 0.257 e. The number of thiazole rings is 1. The number of rotatable bonds is 3. The van der Waals surface area contributed by atoms with Gasteiger partial charge in [-0.05, 0) is 44.9 Å². The van der Waals surface area contributed by atoms with Gasteiger partial charge >= 0.3 is 0 Å². The molecule has 1 saturated heterocycles. The van der Waals surface area contributed by atoms with Gasteiger partial charge in [0.2, 0.25) is 10.0 Å². The molecule has 0 spiro atoms. The highest BCUT2D eigenvalue weighted by molar-refractivity contribution is 7.92. The topological polar surface area (TPSA) is 79.4 Å². The monoisotopic (exact) mass is 399 g/mol. The second-order valence-corrected chi connectivity index (χ2v) is 9.50. The first kappa shape index (κ1) is 18.2. The number of aryl methyl sites for hydroxylation is 2. The molecule has 0 aliphatic carbocycles. The lowest BCUT2D eigenvalue weighted by atomic mass is 10.2. The van der Waals surface area contributed by atoms with Crippen molar-refractivity contribution in [3.63, 3.8) is 0 Å². The van der Waals surface area contributed by atoms with Crippen molar-refractivity contribution in [1.82, 2.24) is 4.98 Å². The van der Waals surface area contributed by atoms with Crippen molar-refractivity contribution < 1.29 is 13.2 Å². The van der Waals surface area contributed by atoms with Gasteiger partial charge in [0.25, 0.3) is 5.91 Å². The van der Waals surface area contributed by atoms with Gasteiger partial charge in [0.1, 0.15) is 0 Å². The minimum Gasteiger partial charge on any atom is -0.298 e. The number of halogens is 1. The van der Waals surface area contributed by atoms with Gasteiger partial charge in [0, 0.05) is 17.0 Å². The van der Waals surface area contributed by atoms with Gasteiger partial charge < -0.3 is 0 Å². The zero-order chi connectivity index (χ0) is 18.2. The van der Waals surface area contributed by atoms with Crippen molar-refractivity contribution in [3.05, 3.63) is 39.4 Å². The number of nitrogens with one attached hydrogen (secondary N) is 1. The quantitative estimate of drug-likeness (QED) is 0.855. The molecule has 0 atom stereocenters. The maximum atomic E-state index is 12.5. The molecule has 0 radical (unpaired) electrons. The smallest absolute Gasteiger partial charge is 0.257 e. The highest BCUT2D eigenvalue weighted by Crippen LogP contribution is 2.32. The lowest BCUT2D eigenvalue weighted by Gasteiger charge is -2.29. The summed E-state index contributed by atoms with van der Waals surface area (Å²) in [5.41, 5.74) is 1.56. The SMILES string of the molecule is Cc1nc(NC(=O)c2ccc(Cl)c(N3CCCCS3(=O)=O)c2)sc1C. The van der Waals surface area contributed by atoms with Gasteiger partial charge in [-0.2, -0.15) is 0 Å².